The Hall–Kier alpha value is -3.83. The molecule has 0 saturated heterocycles. The number of carbonyl (C=O) groups excluding carboxylic acids is 2. The lowest BCUT2D eigenvalue weighted by Gasteiger charge is -2.24. The third kappa shape index (κ3) is 6.98. The van der Waals surface area contributed by atoms with Gasteiger partial charge >= 0.3 is 6.03 Å². The number of tetrazole rings is 1. The van der Waals surface area contributed by atoms with E-state index in [9.17, 15) is 9.59 Å². The van der Waals surface area contributed by atoms with Crippen molar-refractivity contribution in [1.29, 1.82) is 0 Å². The van der Waals surface area contributed by atoms with Gasteiger partial charge in [-0.15, -0.1) is 5.10 Å². The van der Waals surface area contributed by atoms with E-state index in [-0.39, 0.29) is 17.9 Å². The standard InChI is InChI=1S/C28H25Br2N7O2/c29-22-14-23(30)16-24(15-22)31-28(39)37(25-12-10-20(11-13-25)19-4-2-1-3-5-19)17-18-6-8-21(9-7-18)26(38)32-27-33-35-36-34-27/h4,6-16H,1-3,5,17H2,(H,31,39)(H2,32,33,34,35,36,38). The SMILES string of the molecule is O=C(Nc1nn[nH]n1)c1ccc(CN(C(=O)Nc2cc(Br)cc(Br)c2)c2ccc(C3=CCCCC3)cc2)cc1. The van der Waals surface area contributed by atoms with E-state index in [1.807, 2.05) is 42.5 Å². The van der Waals surface area contributed by atoms with Gasteiger partial charge < -0.3 is 5.32 Å². The van der Waals surface area contributed by atoms with Crippen LogP contribution in [-0.2, 0) is 6.54 Å². The molecule has 39 heavy (non-hydrogen) atoms. The summed E-state index contributed by atoms with van der Waals surface area (Å²) in [4.78, 5) is 27.7. The summed E-state index contributed by atoms with van der Waals surface area (Å²) in [6, 6.07) is 20.5. The molecule has 3 N–H and O–H groups in total. The summed E-state index contributed by atoms with van der Waals surface area (Å²) in [5, 5.41) is 18.8. The quantitative estimate of drug-likeness (QED) is 0.196. The summed E-state index contributed by atoms with van der Waals surface area (Å²) in [6.07, 6.45) is 6.93. The van der Waals surface area contributed by atoms with Gasteiger partial charge in [0.15, 0.2) is 0 Å². The molecular formula is C28H25Br2N7O2. The number of anilines is 3. The summed E-state index contributed by atoms with van der Waals surface area (Å²) < 4.78 is 1.69. The molecule has 0 radical (unpaired) electrons. The minimum atomic E-state index is -0.356. The Balaban J connectivity index is 1.37. The van der Waals surface area contributed by atoms with Crippen LogP contribution in [0.25, 0.3) is 5.57 Å². The number of nitrogens with zero attached hydrogens (tertiary/aromatic N) is 4. The maximum absolute atomic E-state index is 13.6. The molecule has 198 valence electrons. The highest BCUT2D eigenvalue weighted by atomic mass is 79.9. The highest BCUT2D eigenvalue weighted by Crippen LogP contribution is 2.29. The first-order valence-electron chi connectivity index (χ1n) is 12.4. The number of amides is 3. The molecule has 0 unspecified atom stereocenters. The number of nitrogens with one attached hydrogen (secondary N) is 3. The van der Waals surface area contributed by atoms with E-state index in [0.29, 0.717) is 17.8 Å². The molecule has 0 aliphatic heterocycles. The fourth-order valence-electron chi connectivity index (χ4n) is 4.39. The average Bonchev–Trinajstić information content (AvgIpc) is 3.45. The number of hydrogen-bond donors (Lipinski definition) is 3. The van der Waals surface area contributed by atoms with Crippen molar-refractivity contribution in [3.8, 4) is 0 Å². The molecule has 0 atom stereocenters. The van der Waals surface area contributed by atoms with Gasteiger partial charge in [-0.2, -0.15) is 5.21 Å². The number of aromatic nitrogens is 4. The molecule has 11 heteroatoms. The molecule has 3 amide bonds. The van der Waals surface area contributed by atoms with Crippen LogP contribution in [0.3, 0.4) is 0 Å². The van der Waals surface area contributed by atoms with Crippen LogP contribution < -0.4 is 15.5 Å². The molecule has 1 aliphatic rings. The minimum Gasteiger partial charge on any atom is -0.307 e. The number of H-pyrrole nitrogens is 1. The molecule has 0 fully saturated rings. The molecule has 0 bridgehead atoms. The van der Waals surface area contributed by atoms with Crippen molar-refractivity contribution in [1.82, 2.24) is 20.6 Å². The van der Waals surface area contributed by atoms with Crippen molar-refractivity contribution in [3.05, 3.63) is 98.4 Å². The molecule has 0 spiro atoms. The Morgan fingerprint density at radius 3 is 2.31 bits per heavy atom. The van der Waals surface area contributed by atoms with Crippen molar-refractivity contribution >= 4 is 66.7 Å². The summed E-state index contributed by atoms with van der Waals surface area (Å²) in [5.41, 5.74) is 5.26. The van der Waals surface area contributed by atoms with Gasteiger partial charge in [-0.3, -0.25) is 15.0 Å². The van der Waals surface area contributed by atoms with Gasteiger partial charge in [0.25, 0.3) is 11.9 Å². The average molecular weight is 651 g/mol. The highest BCUT2D eigenvalue weighted by molar-refractivity contribution is 9.11. The largest absolute Gasteiger partial charge is 0.326 e. The molecule has 5 rings (SSSR count). The van der Waals surface area contributed by atoms with Crippen molar-refractivity contribution in [3.63, 3.8) is 0 Å². The first kappa shape index (κ1) is 26.8. The maximum Gasteiger partial charge on any atom is 0.326 e. The molecule has 1 aliphatic carbocycles. The van der Waals surface area contributed by atoms with Crippen LogP contribution in [0, 0.1) is 0 Å². The predicted molar refractivity (Wildman–Crippen MR) is 159 cm³/mol. The summed E-state index contributed by atoms with van der Waals surface area (Å²) in [5.74, 6) is -0.260. The van der Waals surface area contributed by atoms with Gasteiger partial charge in [0.1, 0.15) is 0 Å². The number of benzene rings is 3. The summed E-state index contributed by atoms with van der Waals surface area (Å²) in [7, 11) is 0. The smallest absolute Gasteiger partial charge is 0.307 e. The Morgan fingerprint density at radius 2 is 1.67 bits per heavy atom. The second-order valence-corrected chi connectivity index (χ2v) is 10.9. The van der Waals surface area contributed by atoms with Crippen LogP contribution >= 0.6 is 31.9 Å². The summed E-state index contributed by atoms with van der Waals surface area (Å²) >= 11 is 6.95. The van der Waals surface area contributed by atoms with Crippen molar-refractivity contribution < 1.29 is 9.59 Å². The second-order valence-electron chi connectivity index (χ2n) is 9.08. The van der Waals surface area contributed by atoms with Gasteiger partial charge in [-0.1, -0.05) is 67.3 Å². The molecule has 3 aromatic carbocycles. The zero-order chi connectivity index (χ0) is 27.2. The van der Waals surface area contributed by atoms with Crippen molar-refractivity contribution in [2.75, 3.05) is 15.5 Å². The van der Waals surface area contributed by atoms with E-state index < -0.39 is 0 Å². The molecule has 4 aromatic rings. The fraction of sp³-hybridized carbons (Fsp3) is 0.179. The number of urea groups is 1. The van der Waals surface area contributed by atoms with Crippen LogP contribution in [0.1, 0.15) is 47.2 Å². The summed E-state index contributed by atoms with van der Waals surface area (Å²) in [6.45, 7) is 0.301. The molecule has 0 saturated carbocycles. The normalized spacial score (nSPS) is 12.9. The van der Waals surface area contributed by atoms with E-state index in [4.69, 9.17) is 0 Å². The van der Waals surface area contributed by atoms with Gasteiger partial charge in [0.05, 0.1) is 6.54 Å². The number of allylic oxidation sites excluding steroid dienone is 2. The first-order chi connectivity index (χ1) is 18.9. The Bertz CT molecular complexity index is 1470. The van der Waals surface area contributed by atoms with E-state index in [2.05, 4.69) is 81.3 Å². The zero-order valence-corrected chi connectivity index (χ0v) is 24.0. The topological polar surface area (TPSA) is 116 Å². The van der Waals surface area contributed by atoms with E-state index in [1.54, 1.807) is 17.0 Å². The highest BCUT2D eigenvalue weighted by Gasteiger charge is 2.18. The number of rotatable bonds is 7. The first-order valence-corrected chi connectivity index (χ1v) is 14.0. The molecule has 1 heterocycles. The molecular weight excluding hydrogens is 626 g/mol. The van der Waals surface area contributed by atoms with Gasteiger partial charge in [0.2, 0.25) is 0 Å². The van der Waals surface area contributed by atoms with E-state index >= 15 is 0 Å². The molecule has 1 aromatic heterocycles. The van der Waals surface area contributed by atoms with E-state index in [0.717, 1.165) is 33.0 Å². The number of carbonyl (C=O) groups is 2. The van der Waals surface area contributed by atoms with Gasteiger partial charge in [0, 0.05) is 25.9 Å². The lowest BCUT2D eigenvalue weighted by molar-refractivity contribution is 0.102. The van der Waals surface area contributed by atoms with Crippen LogP contribution in [0.2, 0.25) is 0 Å². The number of halogens is 2. The monoisotopic (exact) mass is 649 g/mol. The third-order valence-corrected chi connectivity index (χ3v) is 7.24. The van der Waals surface area contributed by atoms with Crippen LogP contribution in [0.4, 0.5) is 22.1 Å². The minimum absolute atomic E-state index is 0.0959. The zero-order valence-electron chi connectivity index (χ0n) is 20.8. The van der Waals surface area contributed by atoms with E-state index in [1.165, 1.54) is 24.0 Å². The Morgan fingerprint density at radius 1 is 0.923 bits per heavy atom. The number of aromatic amines is 1. The second kappa shape index (κ2) is 12.4. The third-order valence-electron chi connectivity index (χ3n) is 6.33. The Labute approximate surface area is 242 Å². The van der Waals surface area contributed by atoms with Gasteiger partial charge in [-0.25, -0.2) is 4.79 Å². The lowest BCUT2D eigenvalue weighted by Crippen LogP contribution is -2.34. The molecule has 9 nitrogen and oxygen atoms in total. The maximum atomic E-state index is 13.6. The van der Waals surface area contributed by atoms with Crippen LogP contribution in [0.5, 0.6) is 0 Å². The lowest BCUT2D eigenvalue weighted by atomic mass is 9.93. The van der Waals surface area contributed by atoms with Gasteiger partial charge in [-0.05, 0) is 90.1 Å². The fourth-order valence-corrected chi connectivity index (χ4v) is 5.68. The van der Waals surface area contributed by atoms with Crippen molar-refractivity contribution in [2.24, 2.45) is 0 Å². The van der Waals surface area contributed by atoms with Crippen LogP contribution in [-0.4, -0.2) is 32.6 Å². The predicted octanol–water partition coefficient (Wildman–Crippen LogP) is 7.17. The Kier molecular flexibility index (Phi) is 8.48. The number of hydrogen-bond acceptors (Lipinski definition) is 5. The van der Waals surface area contributed by atoms with Crippen molar-refractivity contribution in [2.45, 2.75) is 32.2 Å². The van der Waals surface area contributed by atoms with Crippen LogP contribution in [0.15, 0.2) is 81.8 Å².